The quantitative estimate of drug-likeness (QED) is 0.121. The van der Waals surface area contributed by atoms with E-state index >= 15 is 0 Å². The van der Waals surface area contributed by atoms with E-state index in [1.165, 1.54) is 29.2 Å². The number of halogens is 2. The number of carbonyl (C=O) groups excluding carboxylic acids is 2. The molecule has 0 saturated heterocycles. The van der Waals surface area contributed by atoms with Crippen molar-refractivity contribution in [3.63, 3.8) is 0 Å². The Labute approximate surface area is 379 Å². The Morgan fingerprint density at radius 3 is 2.20 bits per heavy atom. The number of sulfone groups is 1. The molecule has 0 saturated carbocycles. The maximum atomic E-state index is 14.5. The summed E-state index contributed by atoms with van der Waals surface area (Å²) in [6, 6.07) is 35.8. The highest BCUT2D eigenvalue weighted by Crippen LogP contribution is 2.41. The lowest BCUT2D eigenvalue weighted by molar-refractivity contribution is -0.142. The van der Waals surface area contributed by atoms with Gasteiger partial charge in [0, 0.05) is 25.6 Å². The molecule has 0 fully saturated rings. The highest BCUT2D eigenvalue weighted by molar-refractivity contribution is 7.90. The van der Waals surface area contributed by atoms with E-state index in [1.54, 1.807) is 48.5 Å². The summed E-state index contributed by atoms with van der Waals surface area (Å²) in [6.45, 7) is 0.350. The van der Waals surface area contributed by atoms with Crippen molar-refractivity contribution >= 4 is 50.8 Å². The first kappa shape index (κ1) is 43.8. The van der Waals surface area contributed by atoms with Gasteiger partial charge in [-0.1, -0.05) is 89.9 Å². The second kappa shape index (κ2) is 18.5. The number of carboxylic acid groups (broad SMARTS) is 1. The zero-order valence-electron chi connectivity index (χ0n) is 34.2. The highest BCUT2D eigenvalue weighted by Gasteiger charge is 2.39. The molecule has 0 aromatic heterocycles. The lowest BCUT2D eigenvalue weighted by atomic mass is 9.91. The van der Waals surface area contributed by atoms with Gasteiger partial charge >= 0.3 is 5.97 Å². The SMILES string of the molecule is CS(=O)(=O)c1ccccc1C(=O)N1Cc2cc3c(cc2C[C@H]1C(=O)NC(Cc1ccc(-c2ccc(C#N)cc2)cc1)C(=O)O)OC[C@H](c1ccc(OCc2ccc(Cl)c(Cl)c2)cc1)O3. The van der Waals surface area contributed by atoms with Crippen LogP contribution in [0.15, 0.2) is 132 Å². The van der Waals surface area contributed by atoms with Crippen LogP contribution in [0.2, 0.25) is 10.0 Å². The van der Waals surface area contributed by atoms with Crippen molar-refractivity contribution in [3.8, 4) is 34.4 Å². The molecule has 2 amide bonds. The number of nitriles is 1. The third-order valence-corrected chi connectivity index (χ3v) is 13.0. The molecule has 0 bridgehead atoms. The summed E-state index contributed by atoms with van der Waals surface area (Å²) >= 11 is 12.2. The molecular weight excluding hydrogens is 878 g/mol. The molecule has 64 heavy (non-hydrogen) atoms. The van der Waals surface area contributed by atoms with Crippen LogP contribution in [0.1, 0.15) is 49.8 Å². The molecule has 2 aliphatic rings. The Morgan fingerprint density at radius 1 is 0.859 bits per heavy atom. The monoisotopic (exact) mass is 915 g/mol. The van der Waals surface area contributed by atoms with Crippen molar-refractivity contribution in [2.24, 2.45) is 0 Å². The molecule has 6 aromatic carbocycles. The molecule has 0 radical (unpaired) electrons. The van der Waals surface area contributed by atoms with Crippen LogP contribution in [0.4, 0.5) is 0 Å². The van der Waals surface area contributed by atoms with Crippen LogP contribution in [0.3, 0.4) is 0 Å². The minimum Gasteiger partial charge on any atom is -0.489 e. The summed E-state index contributed by atoms with van der Waals surface area (Å²) in [5.41, 5.74) is 5.78. The Morgan fingerprint density at radius 2 is 1.53 bits per heavy atom. The molecule has 2 N–H and O–H groups in total. The Hall–Kier alpha value is -6.85. The fourth-order valence-electron chi connectivity index (χ4n) is 7.73. The highest BCUT2D eigenvalue weighted by atomic mass is 35.5. The number of carbonyl (C=O) groups is 3. The topological polar surface area (TPSA) is 172 Å². The van der Waals surface area contributed by atoms with E-state index in [1.807, 2.05) is 54.6 Å². The van der Waals surface area contributed by atoms with Crippen molar-refractivity contribution in [1.82, 2.24) is 10.2 Å². The molecule has 2 aliphatic heterocycles. The normalized spacial score (nSPS) is 15.9. The number of fused-ring (bicyclic) bond motifs is 2. The van der Waals surface area contributed by atoms with E-state index in [2.05, 4.69) is 11.4 Å². The van der Waals surface area contributed by atoms with Crippen LogP contribution >= 0.6 is 23.2 Å². The number of amides is 2. The van der Waals surface area contributed by atoms with E-state index < -0.39 is 45.8 Å². The zero-order chi connectivity index (χ0) is 45.1. The molecule has 3 atom stereocenters. The third kappa shape index (κ3) is 9.70. The van der Waals surface area contributed by atoms with Crippen molar-refractivity contribution in [2.45, 2.75) is 49.1 Å². The summed E-state index contributed by atoms with van der Waals surface area (Å²) in [6.07, 6.45) is 0.429. The molecule has 8 rings (SSSR count). The fourth-order valence-corrected chi connectivity index (χ4v) is 8.93. The van der Waals surface area contributed by atoms with Crippen LogP contribution in [-0.4, -0.2) is 61.2 Å². The van der Waals surface area contributed by atoms with Gasteiger partial charge < -0.3 is 29.5 Å². The van der Waals surface area contributed by atoms with Gasteiger partial charge in [0.05, 0.1) is 32.1 Å². The van der Waals surface area contributed by atoms with Gasteiger partial charge in [-0.3, -0.25) is 9.59 Å². The smallest absolute Gasteiger partial charge is 0.326 e. The fraction of sp³-hybridized carbons (Fsp3) is 0.184. The second-order valence-electron chi connectivity index (χ2n) is 15.5. The van der Waals surface area contributed by atoms with Crippen LogP contribution in [0.25, 0.3) is 11.1 Å². The summed E-state index contributed by atoms with van der Waals surface area (Å²) in [5.74, 6) is -1.24. The van der Waals surface area contributed by atoms with Gasteiger partial charge in [-0.15, -0.1) is 0 Å². The third-order valence-electron chi connectivity index (χ3n) is 11.1. The number of nitrogens with zero attached hydrogens (tertiary/aromatic N) is 2. The summed E-state index contributed by atoms with van der Waals surface area (Å²) in [5, 5.41) is 23.0. The van der Waals surface area contributed by atoms with Crippen molar-refractivity contribution < 1.29 is 42.1 Å². The number of rotatable bonds is 12. The van der Waals surface area contributed by atoms with Gasteiger partial charge in [0.2, 0.25) is 5.91 Å². The molecule has 324 valence electrons. The van der Waals surface area contributed by atoms with E-state index in [-0.39, 0.29) is 43.1 Å². The molecule has 12 nitrogen and oxygen atoms in total. The summed E-state index contributed by atoms with van der Waals surface area (Å²) < 4.78 is 44.3. The first-order valence-corrected chi connectivity index (χ1v) is 22.7. The Bertz CT molecular complexity index is 2920. The van der Waals surface area contributed by atoms with E-state index in [9.17, 15) is 27.9 Å². The van der Waals surface area contributed by atoms with Gasteiger partial charge in [0.1, 0.15) is 31.0 Å². The van der Waals surface area contributed by atoms with Crippen LogP contribution in [0, 0.1) is 11.3 Å². The molecule has 1 unspecified atom stereocenters. The van der Waals surface area contributed by atoms with Crippen LogP contribution in [0.5, 0.6) is 17.2 Å². The lowest BCUT2D eigenvalue weighted by Gasteiger charge is -2.38. The average Bonchev–Trinajstić information content (AvgIpc) is 3.30. The molecule has 2 heterocycles. The summed E-state index contributed by atoms with van der Waals surface area (Å²) in [7, 11) is -3.86. The Kier molecular flexibility index (Phi) is 12.6. The number of hydrogen-bond acceptors (Lipinski definition) is 9. The van der Waals surface area contributed by atoms with E-state index in [4.69, 9.17) is 42.7 Å². The average molecular weight is 917 g/mol. The summed E-state index contributed by atoms with van der Waals surface area (Å²) in [4.78, 5) is 42.5. The van der Waals surface area contributed by atoms with Crippen molar-refractivity contribution in [3.05, 3.63) is 176 Å². The predicted octanol–water partition coefficient (Wildman–Crippen LogP) is 8.41. The number of nitrogens with one attached hydrogen (secondary N) is 1. The van der Waals surface area contributed by atoms with E-state index in [0.717, 1.165) is 28.5 Å². The molecule has 6 aromatic rings. The zero-order valence-corrected chi connectivity index (χ0v) is 36.5. The maximum absolute atomic E-state index is 14.5. The molecule has 0 aliphatic carbocycles. The van der Waals surface area contributed by atoms with Crippen LogP contribution < -0.4 is 19.5 Å². The van der Waals surface area contributed by atoms with Gasteiger partial charge in [0.15, 0.2) is 27.4 Å². The standard InChI is InChI=1S/C49H39Cl2N3O9S/c1-64(59,60)46-5-3-2-4-38(46)48(56)54-26-36-24-44-43(62-28-45(63-44)34-15-17-37(18-16-34)61-27-31-10-19-39(50)40(51)20-31)23-35(36)22-42(54)47(55)53-41(49(57)58)21-29-6-11-32(12-7-29)33-13-8-30(25-52)9-14-33/h2-20,23-24,41-42,45H,21-22,26-28H2,1H3,(H,53,55)(H,57,58)/t41?,42-,45+/m0/s1. The van der Waals surface area contributed by atoms with Crippen molar-refractivity contribution in [1.29, 1.82) is 5.26 Å². The number of aliphatic carboxylic acids is 1. The number of carboxylic acids is 1. The maximum Gasteiger partial charge on any atom is 0.326 e. The number of benzene rings is 6. The Balaban J connectivity index is 1.02. The van der Waals surface area contributed by atoms with Crippen molar-refractivity contribution in [2.75, 3.05) is 12.9 Å². The molecule has 0 spiro atoms. The minimum absolute atomic E-state index is 0.0245. The number of hydrogen-bond donors (Lipinski definition) is 2. The predicted molar refractivity (Wildman–Crippen MR) is 239 cm³/mol. The van der Waals surface area contributed by atoms with Gasteiger partial charge in [-0.25, -0.2) is 13.2 Å². The van der Waals surface area contributed by atoms with Gasteiger partial charge in [0.25, 0.3) is 5.91 Å². The van der Waals surface area contributed by atoms with Crippen LogP contribution in [-0.2, 0) is 45.4 Å². The first-order valence-electron chi connectivity index (χ1n) is 20.1. The first-order chi connectivity index (χ1) is 30.7. The van der Waals surface area contributed by atoms with Gasteiger partial charge in [-0.05, 0) is 99.6 Å². The second-order valence-corrected chi connectivity index (χ2v) is 18.3. The molecular formula is C49H39Cl2N3O9S. The van der Waals surface area contributed by atoms with Gasteiger partial charge in [-0.2, -0.15) is 5.26 Å². The lowest BCUT2D eigenvalue weighted by Crippen LogP contribution is -2.56. The largest absolute Gasteiger partial charge is 0.489 e. The van der Waals surface area contributed by atoms with E-state index in [0.29, 0.717) is 49.5 Å². The number of ether oxygens (including phenoxy) is 3. The minimum atomic E-state index is -3.86. The molecule has 15 heteroatoms.